The molecule has 2 fully saturated rings. The molecule has 0 bridgehead atoms. The van der Waals surface area contributed by atoms with E-state index in [-0.39, 0.29) is 38.5 Å². The monoisotopic (exact) mass is 816 g/mol. The second kappa shape index (κ2) is 13.6. The minimum absolute atomic E-state index is 0.0138. The lowest BCUT2D eigenvalue weighted by atomic mass is 9.71. The average molecular weight is 816 g/mol. The van der Waals surface area contributed by atoms with Gasteiger partial charge in [-0.05, 0) is 12.8 Å². The summed E-state index contributed by atoms with van der Waals surface area (Å²) in [6.45, 7) is -2.06. The molecule has 0 saturated heterocycles. The number of rotatable bonds is 15. The van der Waals surface area contributed by atoms with Crippen molar-refractivity contribution in [2.24, 2.45) is 0 Å². The number of amides is 2. The van der Waals surface area contributed by atoms with Crippen LogP contribution in [0.15, 0.2) is 0 Å². The second-order valence-corrected chi connectivity index (χ2v) is 12.1. The molecule has 2 aliphatic carbocycles. The second-order valence-electron chi connectivity index (χ2n) is 12.1. The summed E-state index contributed by atoms with van der Waals surface area (Å²) in [6, 6.07) is 0. The van der Waals surface area contributed by atoms with E-state index in [1.807, 2.05) is 0 Å². The molecular weight excluding hydrogens is 790 g/mol. The minimum atomic E-state index is -7.47. The van der Waals surface area contributed by atoms with Crippen molar-refractivity contribution >= 4 is 11.8 Å². The molecule has 0 heterocycles. The average Bonchev–Trinajstić information content (AvgIpc) is 3.01. The minimum Gasteiger partial charge on any atom is -0.353 e. The van der Waals surface area contributed by atoms with Crippen molar-refractivity contribution in [3.8, 4) is 0 Å². The van der Waals surface area contributed by atoms with E-state index < -0.39 is 95.5 Å². The molecule has 0 aliphatic heterocycles. The van der Waals surface area contributed by atoms with E-state index in [0.717, 1.165) is 10.6 Å². The fraction of sp³-hybridized carbons (Fsp3) is 0.923. The number of hydrogen-bond acceptors (Lipinski definition) is 2. The van der Waals surface area contributed by atoms with Gasteiger partial charge >= 0.3 is 70.6 Å². The highest BCUT2D eigenvalue weighted by atomic mass is 19.4. The summed E-state index contributed by atoms with van der Waals surface area (Å²) in [5, 5.41) is 1.97. The fourth-order valence-electron chi connectivity index (χ4n) is 5.32. The zero-order valence-corrected chi connectivity index (χ0v) is 25.6. The Bertz CT molecular complexity index is 1160. The quantitative estimate of drug-likeness (QED) is 0.128. The van der Waals surface area contributed by atoms with Gasteiger partial charge in [-0.1, -0.05) is 51.4 Å². The van der Waals surface area contributed by atoms with Crippen molar-refractivity contribution in [1.82, 2.24) is 10.6 Å². The topological polar surface area (TPSA) is 58.2 Å². The maximum absolute atomic E-state index is 14.6. The Hall–Kier alpha value is -2.60. The van der Waals surface area contributed by atoms with Crippen molar-refractivity contribution in [2.75, 3.05) is 13.1 Å². The Balaban J connectivity index is 1.73. The molecule has 0 unspecified atom stereocenters. The Morgan fingerprint density at radius 3 is 0.615 bits per heavy atom. The number of unbranched alkanes of at least 4 members (excludes halogenated alkanes) is 9. The molecule has 0 atom stereocenters. The lowest BCUT2D eigenvalue weighted by molar-refractivity contribution is -0.476. The van der Waals surface area contributed by atoms with Crippen LogP contribution < -0.4 is 10.6 Å². The molecule has 2 amide bonds. The zero-order valence-electron chi connectivity index (χ0n) is 25.6. The van der Waals surface area contributed by atoms with Crippen molar-refractivity contribution in [3.05, 3.63) is 0 Å². The van der Waals surface area contributed by atoms with E-state index in [4.69, 9.17) is 0 Å². The van der Waals surface area contributed by atoms with Gasteiger partial charge in [-0.2, -0.15) is 87.8 Å². The molecule has 0 aromatic carbocycles. The van der Waals surface area contributed by atoms with Gasteiger partial charge in [0.1, 0.15) is 0 Å². The summed E-state index contributed by atoms with van der Waals surface area (Å²) in [7, 11) is 0. The highest BCUT2D eigenvalue weighted by Crippen LogP contribution is 2.71. The molecule has 2 saturated carbocycles. The highest BCUT2D eigenvalue weighted by molar-refractivity contribution is 5.89. The molecule has 0 aromatic heterocycles. The molecule has 2 aliphatic rings. The SMILES string of the molecule is O=C(NCCCCCCCCCCCCNC(=O)C1(F)C(F)(F)C(F)(F)C(F)(F)C(F)(F)C1(F)F)C1(F)C(F)(F)C(F)(F)C(F)(F)C(F)(F)C1(F)F. The van der Waals surface area contributed by atoms with Crippen LogP contribution >= 0.6 is 0 Å². The van der Waals surface area contributed by atoms with Crippen LogP contribution in [0.5, 0.6) is 0 Å². The predicted molar refractivity (Wildman–Crippen MR) is 129 cm³/mol. The molecule has 0 spiro atoms. The van der Waals surface area contributed by atoms with E-state index >= 15 is 0 Å². The summed E-state index contributed by atoms with van der Waals surface area (Å²) in [6.07, 6.45) is 0.993. The zero-order chi connectivity index (χ0) is 41.1. The van der Waals surface area contributed by atoms with Gasteiger partial charge < -0.3 is 10.6 Å². The van der Waals surface area contributed by atoms with E-state index in [1.165, 1.54) is 0 Å². The van der Waals surface area contributed by atoms with Gasteiger partial charge in [0.2, 0.25) is 0 Å². The van der Waals surface area contributed by atoms with E-state index in [0.29, 0.717) is 25.7 Å². The van der Waals surface area contributed by atoms with Gasteiger partial charge in [-0.3, -0.25) is 9.59 Å². The van der Waals surface area contributed by atoms with Crippen LogP contribution in [0.25, 0.3) is 0 Å². The molecule has 0 radical (unpaired) electrons. The maximum atomic E-state index is 14.6. The molecule has 52 heavy (non-hydrogen) atoms. The largest absolute Gasteiger partial charge is 0.384 e. The van der Waals surface area contributed by atoms with E-state index in [1.54, 1.807) is 0 Å². The third-order valence-electron chi connectivity index (χ3n) is 8.69. The van der Waals surface area contributed by atoms with Crippen LogP contribution in [0.1, 0.15) is 64.2 Å². The third-order valence-corrected chi connectivity index (χ3v) is 8.69. The van der Waals surface area contributed by atoms with E-state index in [9.17, 15) is 106 Å². The molecule has 306 valence electrons. The van der Waals surface area contributed by atoms with Gasteiger partial charge in [0.25, 0.3) is 11.8 Å². The van der Waals surface area contributed by atoms with Gasteiger partial charge in [-0.25, -0.2) is 8.78 Å². The van der Waals surface area contributed by atoms with Crippen LogP contribution in [-0.2, 0) is 9.59 Å². The summed E-state index contributed by atoms with van der Waals surface area (Å²) >= 11 is 0. The van der Waals surface area contributed by atoms with Crippen LogP contribution in [0.4, 0.5) is 96.6 Å². The number of alkyl halides is 22. The summed E-state index contributed by atoms with van der Waals surface area (Å²) < 4.78 is 301. The van der Waals surface area contributed by atoms with Crippen molar-refractivity contribution in [1.29, 1.82) is 0 Å². The van der Waals surface area contributed by atoms with Gasteiger partial charge in [0.15, 0.2) is 0 Å². The molecule has 2 rings (SSSR count). The van der Waals surface area contributed by atoms with Gasteiger partial charge in [0, 0.05) is 13.1 Å². The summed E-state index contributed by atoms with van der Waals surface area (Å²) in [4.78, 5) is 23.5. The highest BCUT2D eigenvalue weighted by Gasteiger charge is 3.04. The lowest BCUT2D eigenvalue weighted by Gasteiger charge is -2.51. The normalized spacial score (nSPS) is 27.3. The smallest absolute Gasteiger partial charge is 0.353 e. The number of halogens is 22. The Morgan fingerprint density at radius 1 is 0.269 bits per heavy atom. The van der Waals surface area contributed by atoms with Gasteiger partial charge in [0.05, 0.1) is 0 Å². The Kier molecular flexibility index (Phi) is 11.9. The molecule has 0 aromatic rings. The van der Waals surface area contributed by atoms with Crippen molar-refractivity contribution in [2.45, 2.75) is 135 Å². The Labute approximate surface area is 277 Å². The van der Waals surface area contributed by atoms with Crippen LogP contribution in [0, 0.1) is 0 Å². The summed E-state index contributed by atoms with van der Waals surface area (Å²) in [5.41, 5.74) is -13.6. The van der Waals surface area contributed by atoms with E-state index in [2.05, 4.69) is 0 Å². The van der Waals surface area contributed by atoms with Crippen LogP contribution in [0.2, 0.25) is 0 Å². The molecule has 26 heteroatoms. The first-order valence-corrected chi connectivity index (χ1v) is 14.8. The molecular formula is C26H26F22N2O2. The standard InChI is InChI=1S/C26H26F22N2O2/c27-15(17(29,30)21(37,38)25(45,46)22(39,40)18(15,31)32)13(51)49-11-9-7-5-3-1-2-4-6-8-10-12-50-14(52)16(28)19(33,34)23(41,42)26(47,48)24(43,44)20(16,35)36/h1-12H2,(H,49,51)(H,50,52). The first-order valence-electron chi connectivity index (χ1n) is 14.8. The fourth-order valence-corrected chi connectivity index (χ4v) is 5.32. The maximum Gasteiger partial charge on any atom is 0.384 e. The number of carbonyl (C=O) groups is 2. The molecule has 2 N–H and O–H groups in total. The van der Waals surface area contributed by atoms with Gasteiger partial charge in [-0.15, -0.1) is 0 Å². The van der Waals surface area contributed by atoms with Crippen molar-refractivity contribution < 1.29 is 106 Å². The van der Waals surface area contributed by atoms with Crippen LogP contribution in [0.3, 0.4) is 0 Å². The number of nitrogens with one attached hydrogen (secondary N) is 2. The Morgan fingerprint density at radius 2 is 0.423 bits per heavy atom. The van der Waals surface area contributed by atoms with Crippen LogP contribution in [-0.4, -0.2) is 95.5 Å². The number of hydrogen-bond donors (Lipinski definition) is 2. The third kappa shape index (κ3) is 5.65. The van der Waals surface area contributed by atoms with Crippen molar-refractivity contribution in [3.63, 3.8) is 0 Å². The summed E-state index contributed by atoms with van der Waals surface area (Å²) in [5.74, 6) is -80.7. The lowest BCUT2D eigenvalue weighted by Crippen LogP contribution is -2.86. The number of carbonyl (C=O) groups excluding carboxylic acids is 2. The first-order chi connectivity index (χ1) is 23.0. The first kappa shape index (κ1) is 45.6. The molecule has 4 nitrogen and oxygen atoms in total. The predicted octanol–water partition coefficient (Wildman–Crippen LogP) is 8.92.